The summed E-state index contributed by atoms with van der Waals surface area (Å²) in [5.41, 5.74) is 1.23. The molecule has 0 radical (unpaired) electrons. The van der Waals surface area contributed by atoms with Crippen LogP contribution in [0.3, 0.4) is 0 Å². The summed E-state index contributed by atoms with van der Waals surface area (Å²) in [5, 5.41) is 3.49. The van der Waals surface area contributed by atoms with Crippen molar-refractivity contribution in [3.8, 4) is 0 Å². The summed E-state index contributed by atoms with van der Waals surface area (Å²) in [6.07, 6.45) is 2.56. The van der Waals surface area contributed by atoms with Crippen LogP contribution in [0.4, 0.5) is 5.69 Å². The molecule has 0 aromatic heterocycles. The monoisotopic (exact) mass is 275 g/mol. The van der Waals surface area contributed by atoms with Crippen molar-refractivity contribution in [3.05, 3.63) is 30.3 Å². The SMILES string of the molecule is CCN(CC)C1CCN(CCCNc2ccccc2)C1. The Balaban J connectivity index is 1.61. The molecule has 2 rings (SSSR count). The predicted molar refractivity (Wildman–Crippen MR) is 87.3 cm³/mol. The standard InChI is InChI=1S/C17H29N3/c1-3-20(4-2)17-11-14-19(15-17)13-8-12-18-16-9-6-5-7-10-16/h5-7,9-10,17-18H,3-4,8,11-15H2,1-2H3. The molecule has 20 heavy (non-hydrogen) atoms. The first-order valence-corrected chi connectivity index (χ1v) is 8.08. The van der Waals surface area contributed by atoms with E-state index in [1.807, 2.05) is 0 Å². The summed E-state index contributed by atoms with van der Waals surface area (Å²) in [5.74, 6) is 0. The topological polar surface area (TPSA) is 18.5 Å². The molecular weight excluding hydrogens is 246 g/mol. The van der Waals surface area contributed by atoms with Crippen LogP contribution in [0.2, 0.25) is 0 Å². The summed E-state index contributed by atoms with van der Waals surface area (Å²) >= 11 is 0. The van der Waals surface area contributed by atoms with Gasteiger partial charge in [0, 0.05) is 24.8 Å². The molecule has 0 amide bonds. The van der Waals surface area contributed by atoms with Crippen LogP contribution in [0.15, 0.2) is 30.3 Å². The Labute approximate surface area is 124 Å². The van der Waals surface area contributed by atoms with Gasteiger partial charge in [0.15, 0.2) is 0 Å². The fraction of sp³-hybridized carbons (Fsp3) is 0.647. The highest BCUT2D eigenvalue weighted by Crippen LogP contribution is 2.15. The van der Waals surface area contributed by atoms with E-state index in [1.165, 1.54) is 51.3 Å². The molecule has 1 aliphatic rings. The first-order valence-electron chi connectivity index (χ1n) is 8.08. The van der Waals surface area contributed by atoms with E-state index >= 15 is 0 Å². The van der Waals surface area contributed by atoms with Gasteiger partial charge in [-0.15, -0.1) is 0 Å². The maximum absolute atomic E-state index is 3.49. The van der Waals surface area contributed by atoms with Crippen LogP contribution >= 0.6 is 0 Å². The third-order valence-electron chi connectivity index (χ3n) is 4.33. The highest BCUT2D eigenvalue weighted by atomic mass is 15.2. The summed E-state index contributed by atoms with van der Waals surface area (Å²) in [4.78, 5) is 5.22. The number of anilines is 1. The van der Waals surface area contributed by atoms with E-state index < -0.39 is 0 Å². The van der Waals surface area contributed by atoms with Gasteiger partial charge in [0.1, 0.15) is 0 Å². The van der Waals surface area contributed by atoms with Crippen LogP contribution in [0.25, 0.3) is 0 Å². The Morgan fingerprint density at radius 3 is 2.65 bits per heavy atom. The van der Waals surface area contributed by atoms with Crippen LogP contribution in [-0.4, -0.2) is 55.1 Å². The average Bonchev–Trinajstić information content (AvgIpc) is 2.95. The molecule has 1 aromatic carbocycles. The van der Waals surface area contributed by atoms with E-state index in [-0.39, 0.29) is 0 Å². The van der Waals surface area contributed by atoms with Gasteiger partial charge in [-0.2, -0.15) is 0 Å². The van der Waals surface area contributed by atoms with Gasteiger partial charge >= 0.3 is 0 Å². The van der Waals surface area contributed by atoms with Crippen LogP contribution in [-0.2, 0) is 0 Å². The molecule has 0 aliphatic carbocycles. The third-order valence-corrected chi connectivity index (χ3v) is 4.33. The largest absolute Gasteiger partial charge is 0.385 e. The number of benzene rings is 1. The second-order valence-corrected chi connectivity index (χ2v) is 5.61. The second-order valence-electron chi connectivity index (χ2n) is 5.61. The number of likely N-dealkylation sites (tertiary alicyclic amines) is 1. The molecular formula is C17H29N3. The number of nitrogens with one attached hydrogen (secondary N) is 1. The number of para-hydroxylation sites is 1. The summed E-state index contributed by atoms with van der Waals surface area (Å²) in [6, 6.07) is 11.3. The molecule has 1 saturated heterocycles. The Morgan fingerprint density at radius 2 is 1.95 bits per heavy atom. The van der Waals surface area contributed by atoms with E-state index in [0.717, 1.165) is 12.6 Å². The van der Waals surface area contributed by atoms with Gasteiger partial charge in [0.05, 0.1) is 0 Å². The lowest BCUT2D eigenvalue weighted by Gasteiger charge is -2.26. The molecule has 1 aromatic rings. The summed E-state index contributed by atoms with van der Waals surface area (Å²) < 4.78 is 0. The molecule has 0 spiro atoms. The highest BCUT2D eigenvalue weighted by molar-refractivity contribution is 5.42. The van der Waals surface area contributed by atoms with Crippen LogP contribution < -0.4 is 5.32 Å². The Hall–Kier alpha value is -1.06. The zero-order chi connectivity index (χ0) is 14.2. The number of hydrogen-bond acceptors (Lipinski definition) is 3. The Bertz CT molecular complexity index is 362. The molecule has 1 aliphatic heterocycles. The van der Waals surface area contributed by atoms with Crippen molar-refractivity contribution >= 4 is 5.69 Å². The number of nitrogens with zero attached hydrogens (tertiary/aromatic N) is 2. The van der Waals surface area contributed by atoms with Crippen molar-refractivity contribution < 1.29 is 0 Å². The quantitative estimate of drug-likeness (QED) is 0.736. The van der Waals surface area contributed by atoms with E-state index in [0.29, 0.717) is 0 Å². The molecule has 1 unspecified atom stereocenters. The van der Waals surface area contributed by atoms with E-state index in [1.54, 1.807) is 0 Å². The Kier molecular flexibility index (Phi) is 6.34. The predicted octanol–water partition coefficient (Wildman–Crippen LogP) is 2.90. The Morgan fingerprint density at radius 1 is 1.20 bits per heavy atom. The molecule has 1 N–H and O–H groups in total. The van der Waals surface area contributed by atoms with Gasteiger partial charge < -0.3 is 10.2 Å². The molecule has 3 nitrogen and oxygen atoms in total. The molecule has 1 fully saturated rings. The van der Waals surface area contributed by atoms with E-state index in [2.05, 4.69) is 59.3 Å². The second kappa shape index (κ2) is 8.28. The van der Waals surface area contributed by atoms with Crippen molar-refractivity contribution in [2.75, 3.05) is 44.6 Å². The normalized spacial score (nSPS) is 19.6. The van der Waals surface area contributed by atoms with Crippen molar-refractivity contribution in [1.82, 2.24) is 9.80 Å². The van der Waals surface area contributed by atoms with Crippen molar-refractivity contribution in [3.63, 3.8) is 0 Å². The lowest BCUT2D eigenvalue weighted by molar-refractivity contribution is 0.211. The first kappa shape index (κ1) is 15.3. The molecule has 0 bridgehead atoms. The first-order chi connectivity index (χ1) is 9.83. The zero-order valence-electron chi connectivity index (χ0n) is 13.0. The lowest BCUT2D eigenvalue weighted by Crippen LogP contribution is -2.37. The lowest BCUT2D eigenvalue weighted by atomic mass is 10.2. The summed E-state index contributed by atoms with van der Waals surface area (Å²) in [6.45, 7) is 11.7. The van der Waals surface area contributed by atoms with Gasteiger partial charge in [-0.25, -0.2) is 0 Å². The molecule has 112 valence electrons. The smallest absolute Gasteiger partial charge is 0.0340 e. The van der Waals surface area contributed by atoms with Crippen molar-refractivity contribution in [1.29, 1.82) is 0 Å². The minimum Gasteiger partial charge on any atom is -0.385 e. The number of rotatable bonds is 8. The minimum atomic E-state index is 0.784. The zero-order valence-corrected chi connectivity index (χ0v) is 13.0. The van der Waals surface area contributed by atoms with Crippen molar-refractivity contribution in [2.45, 2.75) is 32.7 Å². The van der Waals surface area contributed by atoms with Crippen molar-refractivity contribution in [2.24, 2.45) is 0 Å². The van der Waals surface area contributed by atoms with E-state index in [4.69, 9.17) is 0 Å². The van der Waals surface area contributed by atoms with E-state index in [9.17, 15) is 0 Å². The third kappa shape index (κ3) is 4.50. The maximum atomic E-state index is 3.49. The highest BCUT2D eigenvalue weighted by Gasteiger charge is 2.25. The molecule has 1 atom stereocenters. The fourth-order valence-electron chi connectivity index (χ4n) is 3.14. The number of hydrogen-bond donors (Lipinski definition) is 1. The minimum absolute atomic E-state index is 0.784. The van der Waals surface area contributed by atoms with Gasteiger partial charge in [-0.3, -0.25) is 4.90 Å². The maximum Gasteiger partial charge on any atom is 0.0340 e. The van der Waals surface area contributed by atoms with Crippen LogP contribution in [0, 0.1) is 0 Å². The fourth-order valence-corrected chi connectivity index (χ4v) is 3.14. The average molecular weight is 275 g/mol. The van der Waals surface area contributed by atoms with Gasteiger partial charge in [0.25, 0.3) is 0 Å². The summed E-state index contributed by atoms with van der Waals surface area (Å²) in [7, 11) is 0. The molecule has 0 saturated carbocycles. The number of likely N-dealkylation sites (N-methyl/N-ethyl adjacent to an activating group) is 1. The van der Waals surface area contributed by atoms with Crippen LogP contribution in [0.5, 0.6) is 0 Å². The van der Waals surface area contributed by atoms with Gasteiger partial charge in [-0.05, 0) is 51.2 Å². The molecule has 1 heterocycles. The molecule has 3 heteroatoms. The van der Waals surface area contributed by atoms with Crippen LogP contribution in [0.1, 0.15) is 26.7 Å². The van der Waals surface area contributed by atoms with Gasteiger partial charge in [0.2, 0.25) is 0 Å². The van der Waals surface area contributed by atoms with Gasteiger partial charge in [-0.1, -0.05) is 32.0 Å².